The summed E-state index contributed by atoms with van der Waals surface area (Å²) in [6.45, 7) is 1.56. The van der Waals surface area contributed by atoms with Gasteiger partial charge in [0.1, 0.15) is 0 Å². The van der Waals surface area contributed by atoms with Crippen LogP contribution in [0.5, 0.6) is 11.5 Å². The number of nitrogens with one attached hydrogen (secondary N) is 1. The number of carbonyl (C=O) groups is 2. The Morgan fingerprint density at radius 1 is 1.04 bits per heavy atom. The molecule has 144 valence electrons. The van der Waals surface area contributed by atoms with Crippen LogP contribution in [0.1, 0.15) is 22.8 Å². The van der Waals surface area contributed by atoms with Gasteiger partial charge in [0.15, 0.2) is 17.6 Å². The Balaban J connectivity index is 1.67. The van der Waals surface area contributed by atoms with Crippen LogP contribution >= 0.6 is 0 Å². The summed E-state index contributed by atoms with van der Waals surface area (Å²) in [6.07, 6.45) is 3.60. The molecule has 0 aliphatic carbocycles. The fraction of sp³-hybridized carbons (Fsp3) is 0.182. The highest BCUT2D eigenvalue weighted by molar-refractivity contribution is 6.10. The highest BCUT2D eigenvalue weighted by Crippen LogP contribution is 2.28. The molecule has 0 bridgehead atoms. The minimum atomic E-state index is -0.901. The van der Waals surface area contributed by atoms with E-state index in [2.05, 4.69) is 4.98 Å². The molecular formula is C22H21NO5. The summed E-state index contributed by atoms with van der Waals surface area (Å²) in [6, 6.07) is 12.7. The molecule has 0 spiro atoms. The summed E-state index contributed by atoms with van der Waals surface area (Å²) in [4.78, 5) is 27.8. The molecular weight excluding hydrogens is 358 g/mol. The lowest BCUT2D eigenvalue weighted by atomic mass is 10.1. The molecule has 0 aliphatic heterocycles. The number of benzene rings is 2. The Morgan fingerprint density at radius 2 is 1.79 bits per heavy atom. The molecule has 1 aromatic heterocycles. The fourth-order valence-corrected chi connectivity index (χ4v) is 2.88. The van der Waals surface area contributed by atoms with Crippen LogP contribution in [0.4, 0.5) is 0 Å². The summed E-state index contributed by atoms with van der Waals surface area (Å²) in [5.41, 5.74) is 2.10. The molecule has 0 radical (unpaired) electrons. The molecule has 6 nitrogen and oxygen atoms in total. The maximum atomic E-state index is 12.6. The zero-order chi connectivity index (χ0) is 20.1. The first-order valence-corrected chi connectivity index (χ1v) is 8.74. The third kappa shape index (κ3) is 4.06. The van der Waals surface area contributed by atoms with E-state index in [1.807, 2.05) is 24.3 Å². The molecule has 1 atom stereocenters. The third-order valence-corrected chi connectivity index (χ3v) is 4.34. The number of carbonyl (C=O) groups excluding carboxylic acids is 2. The van der Waals surface area contributed by atoms with Crippen molar-refractivity contribution in [3.63, 3.8) is 0 Å². The number of fused-ring (bicyclic) bond motifs is 1. The number of aromatic nitrogens is 1. The van der Waals surface area contributed by atoms with Gasteiger partial charge >= 0.3 is 5.97 Å². The van der Waals surface area contributed by atoms with Gasteiger partial charge in [0.05, 0.1) is 14.2 Å². The van der Waals surface area contributed by atoms with Gasteiger partial charge in [-0.2, -0.15) is 0 Å². The summed E-state index contributed by atoms with van der Waals surface area (Å²) in [7, 11) is 3.09. The third-order valence-electron chi connectivity index (χ3n) is 4.34. The van der Waals surface area contributed by atoms with Gasteiger partial charge in [0.2, 0.25) is 5.78 Å². The molecule has 1 heterocycles. The SMILES string of the molecule is COc1ccc(/C=C/C(=O)O[C@H](C)C(=O)c2c[nH]c3ccccc23)cc1OC. The van der Waals surface area contributed by atoms with Gasteiger partial charge in [-0.05, 0) is 36.8 Å². The lowest BCUT2D eigenvalue weighted by molar-refractivity contribution is -0.140. The van der Waals surface area contributed by atoms with E-state index in [9.17, 15) is 9.59 Å². The van der Waals surface area contributed by atoms with Crippen LogP contribution in [0.3, 0.4) is 0 Å². The molecule has 0 amide bonds. The van der Waals surface area contributed by atoms with Crippen molar-refractivity contribution in [2.75, 3.05) is 14.2 Å². The minimum Gasteiger partial charge on any atom is -0.493 e. The molecule has 3 rings (SSSR count). The Hall–Kier alpha value is -3.54. The monoisotopic (exact) mass is 379 g/mol. The van der Waals surface area contributed by atoms with E-state index in [1.54, 1.807) is 44.5 Å². The van der Waals surface area contributed by atoms with Gasteiger partial charge < -0.3 is 19.2 Å². The predicted molar refractivity (Wildman–Crippen MR) is 107 cm³/mol. The van der Waals surface area contributed by atoms with Crippen molar-refractivity contribution < 1.29 is 23.8 Å². The van der Waals surface area contributed by atoms with Crippen LogP contribution in [0.25, 0.3) is 17.0 Å². The van der Waals surface area contributed by atoms with Gasteiger partial charge in [-0.15, -0.1) is 0 Å². The summed E-state index contributed by atoms with van der Waals surface area (Å²) in [5.74, 6) is 0.293. The number of hydrogen-bond acceptors (Lipinski definition) is 5. The van der Waals surface area contributed by atoms with E-state index in [0.29, 0.717) is 17.1 Å². The highest BCUT2D eigenvalue weighted by atomic mass is 16.5. The van der Waals surface area contributed by atoms with Gasteiger partial charge in [-0.1, -0.05) is 24.3 Å². The average molecular weight is 379 g/mol. The second-order valence-corrected chi connectivity index (χ2v) is 6.14. The van der Waals surface area contributed by atoms with Gasteiger partial charge in [0, 0.05) is 28.7 Å². The number of ether oxygens (including phenoxy) is 3. The second-order valence-electron chi connectivity index (χ2n) is 6.14. The number of esters is 1. The molecule has 2 aromatic carbocycles. The number of ketones is 1. The number of rotatable bonds is 7. The number of aromatic amines is 1. The van der Waals surface area contributed by atoms with Crippen molar-refractivity contribution in [1.82, 2.24) is 4.98 Å². The topological polar surface area (TPSA) is 77.6 Å². The lowest BCUT2D eigenvalue weighted by Gasteiger charge is -2.10. The number of H-pyrrole nitrogens is 1. The fourth-order valence-electron chi connectivity index (χ4n) is 2.88. The average Bonchev–Trinajstić information content (AvgIpc) is 3.15. The molecule has 3 aromatic rings. The van der Waals surface area contributed by atoms with Gasteiger partial charge in [-0.25, -0.2) is 4.79 Å². The minimum absolute atomic E-state index is 0.259. The number of para-hydroxylation sites is 1. The van der Waals surface area contributed by atoms with Crippen molar-refractivity contribution in [3.8, 4) is 11.5 Å². The smallest absolute Gasteiger partial charge is 0.331 e. The first kappa shape index (κ1) is 19.2. The Kier molecular flexibility index (Phi) is 5.79. The van der Waals surface area contributed by atoms with Crippen LogP contribution in [0, 0.1) is 0 Å². The molecule has 28 heavy (non-hydrogen) atoms. The van der Waals surface area contributed by atoms with Crippen molar-refractivity contribution in [2.24, 2.45) is 0 Å². The first-order chi connectivity index (χ1) is 13.5. The van der Waals surface area contributed by atoms with Gasteiger partial charge in [-0.3, -0.25) is 4.79 Å². The lowest BCUT2D eigenvalue weighted by Crippen LogP contribution is -2.23. The van der Waals surface area contributed by atoms with E-state index in [-0.39, 0.29) is 5.78 Å². The Morgan fingerprint density at radius 3 is 2.54 bits per heavy atom. The molecule has 0 unspecified atom stereocenters. The zero-order valence-electron chi connectivity index (χ0n) is 15.9. The Bertz CT molecular complexity index is 1030. The number of methoxy groups -OCH3 is 2. The van der Waals surface area contributed by atoms with Crippen LogP contribution in [0.15, 0.2) is 54.7 Å². The van der Waals surface area contributed by atoms with Gasteiger partial charge in [0.25, 0.3) is 0 Å². The summed E-state index contributed by atoms with van der Waals surface area (Å²) in [5, 5.41) is 0.802. The molecule has 0 saturated carbocycles. The molecule has 1 N–H and O–H groups in total. The molecule has 0 aliphatic rings. The van der Waals surface area contributed by atoms with E-state index in [4.69, 9.17) is 14.2 Å². The molecule has 6 heteroatoms. The van der Waals surface area contributed by atoms with Crippen LogP contribution in [-0.4, -0.2) is 37.1 Å². The molecule has 0 fully saturated rings. The second kappa shape index (κ2) is 8.43. The van der Waals surface area contributed by atoms with Crippen molar-refractivity contribution in [2.45, 2.75) is 13.0 Å². The maximum absolute atomic E-state index is 12.6. The van der Waals surface area contributed by atoms with E-state index >= 15 is 0 Å². The standard InChI is InChI=1S/C22H21NO5/c1-14(22(25)17-13-23-18-7-5-4-6-16(17)18)28-21(24)11-9-15-8-10-19(26-2)20(12-15)27-3/h4-14,23H,1-3H3/b11-9+/t14-/m1/s1. The number of hydrogen-bond donors (Lipinski definition) is 1. The normalized spacial score (nSPS) is 12.1. The quantitative estimate of drug-likeness (QED) is 0.381. The number of Topliss-reactive ketones (excluding diaryl/α,β-unsaturated/α-hetero) is 1. The predicted octanol–water partition coefficient (Wildman–Crippen LogP) is 4.01. The molecule has 0 saturated heterocycles. The Labute approximate surface area is 162 Å². The van der Waals surface area contributed by atoms with Crippen molar-refractivity contribution >= 4 is 28.7 Å². The maximum Gasteiger partial charge on any atom is 0.331 e. The van der Waals surface area contributed by atoms with E-state index < -0.39 is 12.1 Å². The van der Waals surface area contributed by atoms with E-state index in [1.165, 1.54) is 13.2 Å². The summed E-state index contributed by atoms with van der Waals surface area (Å²) < 4.78 is 15.7. The largest absolute Gasteiger partial charge is 0.493 e. The zero-order valence-corrected chi connectivity index (χ0v) is 15.9. The summed E-state index contributed by atoms with van der Waals surface area (Å²) >= 11 is 0. The van der Waals surface area contributed by atoms with Crippen LogP contribution < -0.4 is 9.47 Å². The first-order valence-electron chi connectivity index (χ1n) is 8.74. The van der Waals surface area contributed by atoms with Crippen molar-refractivity contribution in [3.05, 3.63) is 65.9 Å². The highest BCUT2D eigenvalue weighted by Gasteiger charge is 2.21. The van der Waals surface area contributed by atoms with Crippen LogP contribution in [0.2, 0.25) is 0 Å². The van der Waals surface area contributed by atoms with Crippen LogP contribution in [-0.2, 0) is 9.53 Å². The van der Waals surface area contributed by atoms with Crippen molar-refractivity contribution in [1.29, 1.82) is 0 Å². The van der Waals surface area contributed by atoms with E-state index in [0.717, 1.165) is 16.5 Å².